The van der Waals surface area contributed by atoms with Gasteiger partial charge in [0.05, 0.1) is 6.20 Å². The minimum Gasteiger partial charge on any atom is -0.491 e. The second-order valence-corrected chi connectivity index (χ2v) is 3.47. The van der Waals surface area contributed by atoms with Crippen LogP contribution in [0.5, 0.6) is 0 Å². The fourth-order valence-corrected chi connectivity index (χ4v) is 1.46. The average Bonchev–Trinajstić information content (AvgIpc) is 2.17. The summed E-state index contributed by atoms with van der Waals surface area (Å²) in [6.45, 7) is 6.09. The molecule has 0 saturated heterocycles. The summed E-state index contributed by atoms with van der Waals surface area (Å²) >= 11 is 0. The van der Waals surface area contributed by atoms with Gasteiger partial charge in [0.15, 0.2) is 0 Å². The van der Waals surface area contributed by atoms with E-state index in [1.807, 2.05) is 7.05 Å². The van der Waals surface area contributed by atoms with Gasteiger partial charge < -0.3 is 5.11 Å². The summed E-state index contributed by atoms with van der Waals surface area (Å²) in [4.78, 5) is 0. The Labute approximate surface area is 90.4 Å². The van der Waals surface area contributed by atoms with Gasteiger partial charge in [0.1, 0.15) is 0 Å². The third-order valence-corrected chi connectivity index (χ3v) is 2.03. The van der Waals surface area contributed by atoms with Gasteiger partial charge in [0, 0.05) is 20.1 Å². The van der Waals surface area contributed by atoms with Crippen molar-refractivity contribution < 1.29 is 5.11 Å². The number of rotatable bonds is 5. The summed E-state index contributed by atoms with van der Waals surface area (Å²) in [6.07, 6.45) is 3.64. The normalized spacial score (nSPS) is 16.1. The molecule has 1 heterocycles. The Balaban J connectivity index is 2.64. The van der Waals surface area contributed by atoms with Crippen LogP contribution in [-0.4, -0.2) is 40.5 Å². The summed E-state index contributed by atoms with van der Waals surface area (Å²) in [6, 6.07) is 0. The molecule has 6 heteroatoms. The van der Waals surface area contributed by atoms with Crippen molar-refractivity contribution >= 4 is 0 Å². The molecule has 0 atom stereocenters. The molecule has 0 spiro atoms. The van der Waals surface area contributed by atoms with Crippen LogP contribution in [0, 0.1) is 0 Å². The molecule has 1 aliphatic heterocycles. The maximum absolute atomic E-state index is 9.15. The van der Waals surface area contributed by atoms with Crippen LogP contribution in [-0.2, 0) is 0 Å². The molecule has 0 fully saturated rings. The molecule has 0 aliphatic carbocycles. The van der Waals surface area contributed by atoms with Crippen molar-refractivity contribution in [2.24, 2.45) is 10.3 Å². The van der Waals surface area contributed by atoms with E-state index in [1.54, 1.807) is 10.2 Å². The molecule has 0 saturated carbocycles. The Bertz CT molecular complexity index is 247. The number of hydrogen-bond acceptors (Lipinski definition) is 6. The topological polar surface area (TPSA) is 54.7 Å². The van der Waals surface area contributed by atoms with Gasteiger partial charge in [0.2, 0.25) is 0 Å². The van der Waals surface area contributed by atoms with Gasteiger partial charge in [0.25, 0.3) is 5.88 Å². The largest absolute Gasteiger partial charge is 0.491 e. The van der Waals surface area contributed by atoms with Crippen molar-refractivity contribution in [2.45, 2.75) is 26.7 Å². The summed E-state index contributed by atoms with van der Waals surface area (Å²) in [7, 11) is 1.83. The predicted octanol–water partition coefficient (Wildman–Crippen LogP) is 1.91. The maximum atomic E-state index is 9.15. The molecular formula is C9H19N5O. The molecular weight excluding hydrogens is 194 g/mol. The molecule has 1 rings (SSSR count). The van der Waals surface area contributed by atoms with E-state index < -0.39 is 0 Å². The van der Waals surface area contributed by atoms with E-state index in [-0.39, 0.29) is 5.88 Å². The van der Waals surface area contributed by atoms with E-state index >= 15 is 0 Å². The lowest BCUT2D eigenvalue weighted by molar-refractivity contribution is -0.163. The highest BCUT2D eigenvalue weighted by Gasteiger charge is 2.18. The van der Waals surface area contributed by atoms with Crippen LogP contribution in [0.2, 0.25) is 0 Å². The number of hydrogen-bond donors (Lipinski definition) is 1. The third-order valence-electron chi connectivity index (χ3n) is 2.03. The Hall–Kier alpha value is -1.30. The molecule has 0 amide bonds. The van der Waals surface area contributed by atoms with E-state index in [0.717, 1.165) is 25.9 Å². The second kappa shape index (κ2) is 5.55. The second-order valence-electron chi connectivity index (χ2n) is 3.47. The highest BCUT2D eigenvalue weighted by molar-refractivity contribution is 4.86. The third kappa shape index (κ3) is 3.09. The lowest BCUT2D eigenvalue weighted by Gasteiger charge is -2.37. The highest BCUT2D eigenvalue weighted by Crippen LogP contribution is 2.13. The smallest absolute Gasteiger partial charge is 0.251 e. The van der Waals surface area contributed by atoms with E-state index in [4.69, 9.17) is 5.11 Å². The molecule has 1 aliphatic rings. The Morgan fingerprint density at radius 3 is 2.40 bits per heavy atom. The fourth-order valence-electron chi connectivity index (χ4n) is 1.46. The van der Waals surface area contributed by atoms with Crippen LogP contribution < -0.4 is 0 Å². The van der Waals surface area contributed by atoms with Gasteiger partial charge >= 0.3 is 0 Å². The summed E-state index contributed by atoms with van der Waals surface area (Å²) in [5, 5.41) is 22.2. The molecule has 6 nitrogen and oxygen atoms in total. The first kappa shape index (κ1) is 11.8. The standard InChI is InChI=1S/C9H19N5O/c1-4-6-13(7-5-2)14-11-10-9(15)8-12(14)3/h8,15H,4-7H2,1-3H3. The van der Waals surface area contributed by atoms with E-state index in [9.17, 15) is 0 Å². The molecule has 0 aromatic heterocycles. The Morgan fingerprint density at radius 2 is 1.93 bits per heavy atom. The molecule has 86 valence electrons. The van der Waals surface area contributed by atoms with Crippen molar-refractivity contribution in [3.05, 3.63) is 12.1 Å². The van der Waals surface area contributed by atoms with E-state index in [0.29, 0.717) is 0 Å². The lowest BCUT2D eigenvalue weighted by Crippen LogP contribution is -2.47. The minimum absolute atomic E-state index is 0.0679. The van der Waals surface area contributed by atoms with Gasteiger partial charge in [-0.3, -0.25) is 5.01 Å². The maximum Gasteiger partial charge on any atom is 0.251 e. The number of aliphatic hydroxyl groups is 1. The number of nitrogens with zero attached hydrogens (tertiary/aromatic N) is 5. The monoisotopic (exact) mass is 213 g/mol. The van der Waals surface area contributed by atoms with Crippen molar-refractivity contribution in [1.29, 1.82) is 0 Å². The predicted molar refractivity (Wildman–Crippen MR) is 57.3 cm³/mol. The first-order valence-corrected chi connectivity index (χ1v) is 5.29. The van der Waals surface area contributed by atoms with Crippen LogP contribution in [0.15, 0.2) is 22.4 Å². The highest BCUT2D eigenvalue weighted by atomic mass is 16.3. The molecule has 0 aromatic carbocycles. The van der Waals surface area contributed by atoms with Crippen molar-refractivity contribution in [1.82, 2.24) is 15.2 Å². The van der Waals surface area contributed by atoms with Crippen molar-refractivity contribution in [3.63, 3.8) is 0 Å². The van der Waals surface area contributed by atoms with Gasteiger partial charge in [-0.25, -0.2) is 0 Å². The number of hydrazine groups is 2. The summed E-state index contributed by atoms with van der Waals surface area (Å²) in [5.74, 6) is -0.0679. The van der Waals surface area contributed by atoms with Gasteiger partial charge in [-0.2, -0.15) is 5.01 Å². The average molecular weight is 213 g/mol. The zero-order valence-electron chi connectivity index (χ0n) is 9.59. The summed E-state index contributed by atoms with van der Waals surface area (Å²) < 4.78 is 0. The van der Waals surface area contributed by atoms with Gasteiger partial charge in [-0.1, -0.05) is 19.0 Å². The quantitative estimate of drug-likeness (QED) is 0.758. The van der Waals surface area contributed by atoms with Gasteiger partial charge in [-0.15, -0.1) is 5.23 Å². The SMILES string of the molecule is CCCN(CCC)N1N=NC(O)=CN1C. The first-order valence-electron chi connectivity index (χ1n) is 5.29. The van der Waals surface area contributed by atoms with E-state index in [1.165, 1.54) is 6.20 Å². The number of aliphatic hydroxyl groups excluding tert-OH is 1. The molecule has 15 heavy (non-hydrogen) atoms. The first-order chi connectivity index (χ1) is 7.19. The van der Waals surface area contributed by atoms with Crippen LogP contribution in [0.3, 0.4) is 0 Å². The Morgan fingerprint density at radius 1 is 1.33 bits per heavy atom. The van der Waals surface area contributed by atoms with Crippen LogP contribution in [0.1, 0.15) is 26.7 Å². The lowest BCUT2D eigenvalue weighted by atomic mass is 10.4. The van der Waals surface area contributed by atoms with Crippen LogP contribution >= 0.6 is 0 Å². The Kier molecular flexibility index (Phi) is 4.36. The molecule has 0 radical (unpaired) electrons. The van der Waals surface area contributed by atoms with Crippen molar-refractivity contribution in [2.75, 3.05) is 20.1 Å². The van der Waals surface area contributed by atoms with Crippen molar-refractivity contribution in [3.8, 4) is 0 Å². The zero-order chi connectivity index (χ0) is 11.3. The van der Waals surface area contributed by atoms with Gasteiger partial charge in [-0.05, 0) is 18.1 Å². The molecule has 0 aromatic rings. The van der Waals surface area contributed by atoms with Crippen LogP contribution in [0.4, 0.5) is 0 Å². The zero-order valence-corrected chi connectivity index (χ0v) is 9.59. The molecule has 0 bridgehead atoms. The summed E-state index contributed by atoms with van der Waals surface area (Å²) in [5.41, 5.74) is 0. The fraction of sp³-hybridized carbons (Fsp3) is 0.778. The molecule has 1 N–H and O–H groups in total. The minimum atomic E-state index is -0.0679. The van der Waals surface area contributed by atoms with Crippen LogP contribution in [0.25, 0.3) is 0 Å². The van der Waals surface area contributed by atoms with E-state index in [2.05, 4.69) is 29.2 Å². The molecule has 0 unspecified atom stereocenters.